The summed E-state index contributed by atoms with van der Waals surface area (Å²) in [5.41, 5.74) is 0.304. The number of nitrogens with one attached hydrogen (secondary N) is 4. The predicted octanol–water partition coefficient (Wildman–Crippen LogP) is 2.75. The lowest BCUT2D eigenvalue weighted by molar-refractivity contribution is -0.125. The van der Waals surface area contributed by atoms with Crippen molar-refractivity contribution in [1.29, 1.82) is 0 Å². The van der Waals surface area contributed by atoms with Gasteiger partial charge in [-0.25, -0.2) is 24.1 Å². The van der Waals surface area contributed by atoms with Gasteiger partial charge in [-0.15, -0.1) is 0 Å². The van der Waals surface area contributed by atoms with Crippen molar-refractivity contribution in [2.24, 2.45) is 0 Å². The largest absolute Gasteiger partial charge is 0.365 e. The number of pyridine rings is 1. The molecule has 2 aliphatic rings. The van der Waals surface area contributed by atoms with E-state index in [0.717, 1.165) is 18.0 Å². The summed E-state index contributed by atoms with van der Waals surface area (Å²) in [4.78, 5) is 39.5. The van der Waals surface area contributed by atoms with E-state index >= 15 is 0 Å². The fraction of sp³-hybridized carbons (Fsp3) is 0.316. The number of amides is 3. The van der Waals surface area contributed by atoms with E-state index in [4.69, 9.17) is 11.6 Å². The molecule has 4 N–H and O–H groups in total. The van der Waals surface area contributed by atoms with Gasteiger partial charge in [0.05, 0.1) is 11.2 Å². The molecular formula is C19H17ClFN7O2. The van der Waals surface area contributed by atoms with Crippen LogP contribution in [0.4, 0.5) is 15.0 Å². The molecule has 9 nitrogen and oxygen atoms in total. The monoisotopic (exact) mass is 429 g/mol. The number of aromatic nitrogens is 4. The Morgan fingerprint density at radius 3 is 2.93 bits per heavy atom. The number of H-pyrrole nitrogens is 1. The molecule has 0 aromatic carbocycles. The Kier molecular flexibility index (Phi) is 4.31. The van der Waals surface area contributed by atoms with E-state index in [9.17, 15) is 14.0 Å². The summed E-state index contributed by atoms with van der Waals surface area (Å²) in [5.74, 6) is -0.594. The summed E-state index contributed by atoms with van der Waals surface area (Å²) in [7, 11) is 0. The molecule has 1 aliphatic carbocycles. The summed E-state index contributed by atoms with van der Waals surface area (Å²) in [5, 5.41) is 9.28. The average Bonchev–Trinajstić information content (AvgIpc) is 3.24. The summed E-state index contributed by atoms with van der Waals surface area (Å²) < 4.78 is 14.5. The molecule has 1 spiro atoms. The van der Waals surface area contributed by atoms with Gasteiger partial charge >= 0.3 is 6.03 Å². The second kappa shape index (κ2) is 6.91. The molecule has 1 saturated carbocycles. The van der Waals surface area contributed by atoms with Gasteiger partial charge in [0.2, 0.25) is 0 Å². The zero-order valence-corrected chi connectivity index (χ0v) is 16.4. The lowest BCUT2D eigenvalue weighted by Gasteiger charge is -2.35. The zero-order valence-electron chi connectivity index (χ0n) is 15.6. The minimum absolute atomic E-state index is 0.0381. The third-order valence-electron chi connectivity index (χ3n) is 5.59. The molecule has 5 rings (SSSR count). The number of aromatic amines is 1. The van der Waals surface area contributed by atoms with E-state index in [1.807, 2.05) is 0 Å². The van der Waals surface area contributed by atoms with Crippen LogP contribution in [0.1, 0.15) is 25.7 Å². The lowest BCUT2D eigenvalue weighted by atomic mass is 9.79. The van der Waals surface area contributed by atoms with Crippen molar-refractivity contribution in [3.63, 3.8) is 0 Å². The third-order valence-corrected chi connectivity index (χ3v) is 5.80. The molecule has 0 unspecified atom stereocenters. The van der Waals surface area contributed by atoms with E-state index < -0.39 is 17.4 Å². The molecule has 3 aromatic rings. The van der Waals surface area contributed by atoms with Gasteiger partial charge in [0.25, 0.3) is 5.91 Å². The van der Waals surface area contributed by atoms with E-state index in [0.29, 0.717) is 41.3 Å². The van der Waals surface area contributed by atoms with Gasteiger partial charge < -0.3 is 15.6 Å². The fourth-order valence-electron chi connectivity index (χ4n) is 4.20. The van der Waals surface area contributed by atoms with Gasteiger partial charge in [-0.3, -0.25) is 10.1 Å². The van der Waals surface area contributed by atoms with Crippen LogP contribution in [-0.2, 0) is 4.79 Å². The van der Waals surface area contributed by atoms with Crippen LogP contribution < -0.4 is 16.0 Å². The molecule has 0 bridgehead atoms. The molecule has 4 heterocycles. The Bertz CT molecular complexity index is 1180. The Morgan fingerprint density at radius 1 is 1.27 bits per heavy atom. The van der Waals surface area contributed by atoms with E-state index in [2.05, 4.69) is 35.9 Å². The molecular weight excluding hydrogens is 413 g/mol. The highest BCUT2D eigenvalue weighted by atomic mass is 35.5. The second-order valence-corrected chi connectivity index (χ2v) is 8.01. The van der Waals surface area contributed by atoms with Crippen LogP contribution in [0.3, 0.4) is 0 Å². The first-order chi connectivity index (χ1) is 14.4. The molecule has 2 fully saturated rings. The van der Waals surface area contributed by atoms with Crippen molar-refractivity contribution in [3.05, 3.63) is 35.5 Å². The average molecular weight is 430 g/mol. The first kappa shape index (κ1) is 18.7. The number of nitrogens with zero attached hydrogens (tertiary/aromatic N) is 3. The highest BCUT2D eigenvalue weighted by molar-refractivity contribution is 6.31. The van der Waals surface area contributed by atoms with Gasteiger partial charge in [-0.2, -0.15) is 0 Å². The number of rotatable bonds is 3. The summed E-state index contributed by atoms with van der Waals surface area (Å²) >= 11 is 6.05. The van der Waals surface area contributed by atoms with E-state index in [1.165, 1.54) is 6.20 Å². The number of carbonyl (C=O) groups excluding carboxylic acids is 2. The van der Waals surface area contributed by atoms with E-state index in [-0.39, 0.29) is 17.8 Å². The van der Waals surface area contributed by atoms with Crippen molar-refractivity contribution in [2.75, 3.05) is 5.32 Å². The van der Waals surface area contributed by atoms with Crippen molar-refractivity contribution in [3.8, 4) is 11.4 Å². The van der Waals surface area contributed by atoms with Crippen LogP contribution in [0.15, 0.2) is 24.7 Å². The molecule has 1 saturated heterocycles. The summed E-state index contributed by atoms with van der Waals surface area (Å²) in [6.07, 6.45) is 6.63. The maximum absolute atomic E-state index is 14.5. The highest BCUT2D eigenvalue weighted by Gasteiger charge is 2.49. The van der Waals surface area contributed by atoms with Gasteiger partial charge in [0.15, 0.2) is 17.5 Å². The molecule has 1 aliphatic heterocycles. The third kappa shape index (κ3) is 3.13. The van der Waals surface area contributed by atoms with Gasteiger partial charge in [-0.05, 0) is 31.7 Å². The Labute approximate surface area is 174 Å². The predicted molar refractivity (Wildman–Crippen MR) is 107 cm³/mol. The number of hydrogen-bond acceptors (Lipinski definition) is 6. The fourth-order valence-corrected chi connectivity index (χ4v) is 4.36. The van der Waals surface area contributed by atoms with Gasteiger partial charge in [0, 0.05) is 29.4 Å². The lowest BCUT2D eigenvalue weighted by Crippen LogP contribution is -2.52. The standard InChI is InChI=1S/C19H17ClFN7O2/c20-9-4-11-12(7-23-14(11)22-6-9)15-24-8-13(21)16(26-15)25-10-2-1-3-19(5-10)17(29)27-18(30)28-19/h4,6-8,10H,1-3,5H2,(H,22,23)(H,24,25,26)(H2,27,28,29,30)/t10-,19-/m0/s1. The first-order valence-electron chi connectivity index (χ1n) is 9.49. The van der Waals surface area contributed by atoms with Crippen LogP contribution >= 0.6 is 11.6 Å². The Morgan fingerprint density at radius 2 is 2.13 bits per heavy atom. The number of urea groups is 1. The Hall–Kier alpha value is -3.27. The molecule has 30 heavy (non-hydrogen) atoms. The minimum Gasteiger partial charge on any atom is -0.365 e. The number of anilines is 1. The molecule has 3 aromatic heterocycles. The molecule has 11 heteroatoms. The first-order valence-corrected chi connectivity index (χ1v) is 9.87. The number of imide groups is 1. The summed E-state index contributed by atoms with van der Waals surface area (Å²) in [6, 6.07) is 1.00. The zero-order chi connectivity index (χ0) is 20.9. The highest BCUT2D eigenvalue weighted by Crippen LogP contribution is 2.33. The van der Waals surface area contributed by atoms with Crippen molar-refractivity contribution in [2.45, 2.75) is 37.3 Å². The van der Waals surface area contributed by atoms with Crippen LogP contribution in [0.25, 0.3) is 22.4 Å². The number of halogens is 2. The van der Waals surface area contributed by atoms with Crippen LogP contribution in [-0.4, -0.2) is 43.5 Å². The van der Waals surface area contributed by atoms with Crippen molar-refractivity contribution in [1.82, 2.24) is 30.6 Å². The number of hydrogen-bond donors (Lipinski definition) is 4. The van der Waals surface area contributed by atoms with Crippen molar-refractivity contribution >= 4 is 40.4 Å². The smallest absolute Gasteiger partial charge is 0.322 e. The van der Waals surface area contributed by atoms with E-state index in [1.54, 1.807) is 12.3 Å². The molecule has 2 atom stereocenters. The minimum atomic E-state index is -0.960. The topological polar surface area (TPSA) is 125 Å². The SMILES string of the molecule is O=C1NC(=O)[C@@]2(CCC[C@H](Nc3nc(-c4c[nH]c5ncc(Cl)cc45)ncc3F)C2)N1. The maximum Gasteiger partial charge on any atom is 0.322 e. The second-order valence-electron chi connectivity index (χ2n) is 7.57. The quantitative estimate of drug-likeness (QED) is 0.474. The van der Waals surface area contributed by atoms with Gasteiger partial charge in [-0.1, -0.05) is 11.6 Å². The summed E-state index contributed by atoms with van der Waals surface area (Å²) in [6.45, 7) is 0. The number of fused-ring (bicyclic) bond motifs is 1. The van der Waals surface area contributed by atoms with Crippen LogP contribution in [0.5, 0.6) is 0 Å². The maximum atomic E-state index is 14.5. The van der Waals surface area contributed by atoms with Crippen LogP contribution in [0.2, 0.25) is 5.02 Å². The molecule has 3 amide bonds. The van der Waals surface area contributed by atoms with Crippen molar-refractivity contribution < 1.29 is 14.0 Å². The molecule has 154 valence electrons. The Balaban J connectivity index is 1.43. The number of carbonyl (C=O) groups is 2. The van der Waals surface area contributed by atoms with Crippen LogP contribution in [0, 0.1) is 5.82 Å². The molecule has 0 radical (unpaired) electrons. The normalized spacial score (nSPS) is 23.6. The van der Waals surface area contributed by atoms with Gasteiger partial charge in [0.1, 0.15) is 11.2 Å².